The summed E-state index contributed by atoms with van der Waals surface area (Å²) in [7, 11) is 0. The molecule has 0 spiro atoms. The maximum absolute atomic E-state index is 8.34. The van der Waals surface area contributed by atoms with E-state index in [-0.39, 0.29) is 11.8 Å². The van der Waals surface area contributed by atoms with Crippen molar-refractivity contribution in [3.63, 3.8) is 0 Å². The Morgan fingerprint density at radius 1 is 1.75 bits per heavy atom. The maximum atomic E-state index is 8.34. The number of nitrogens with two attached hydrogens (primary N) is 1. The van der Waals surface area contributed by atoms with Gasteiger partial charge in [0.2, 0.25) is 0 Å². The predicted molar refractivity (Wildman–Crippen MR) is 53.8 cm³/mol. The molecule has 0 aliphatic rings. The molecule has 1 atom stereocenters. The van der Waals surface area contributed by atoms with E-state index in [2.05, 4.69) is 16.7 Å². The average Bonchev–Trinajstić information content (AvgIpc) is 2.10. The highest BCUT2D eigenvalue weighted by atomic mass is 32.2. The fraction of sp³-hybridized carbons (Fsp3) is 0.857. The molecule has 0 aliphatic heterocycles. The molecule has 0 saturated carbocycles. The number of rotatable bonds is 6. The molecule has 0 aromatic heterocycles. The normalized spacial score (nSPS) is 14.7. The largest absolute Gasteiger partial charge is 0.409 e. The highest BCUT2D eigenvalue weighted by Gasteiger charge is 2.05. The minimum atomic E-state index is 0.0943. The van der Waals surface area contributed by atoms with Crippen molar-refractivity contribution in [2.45, 2.75) is 6.92 Å². The van der Waals surface area contributed by atoms with Crippen molar-refractivity contribution >= 4 is 17.6 Å². The summed E-state index contributed by atoms with van der Waals surface area (Å²) in [6.45, 7) is 3.64. The van der Waals surface area contributed by atoms with Crippen molar-refractivity contribution < 1.29 is 5.21 Å². The number of hydrogen-bond donors (Lipinski definition) is 3. The van der Waals surface area contributed by atoms with Crippen LogP contribution < -0.4 is 11.1 Å². The molecule has 0 heterocycles. The van der Waals surface area contributed by atoms with Crippen LogP contribution in [-0.2, 0) is 0 Å². The smallest absolute Gasteiger partial charge is 0.143 e. The lowest BCUT2D eigenvalue weighted by molar-refractivity contribution is 0.314. The lowest BCUT2D eigenvalue weighted by Gasteiger charge is -2.09. The van der Waals surface area contributed by atoms with Crippen molar-refractivity contribution in [2.75, 3.05) is 25.1 Å². The van der Waals surface area contributed by atoms with Gasteiger partial charge in [0, 0.05) is 24.8 Å². The van der Waals surface area contributed by atoms with Crippen LogP contribution in [-0.4, -0.2) is 36.1 Å². The molecule has 4 nitrogen and oxygen atoms in total. The van der Waals surface area contributed by atoms with Crippen LogP contribution in [0.5, 0.6) is 0 Å². The van der Waals surface area contributed by atoms with Gasteiger partial charge in [-0.2, -0.15) is 11.8 Å². The number of nitrogens with one attached hydrogen (secondary N) is 1. The minimum Gasteiger partial charge on any atom is -0.409 e. The topological polar surface area (TPSA) is 70.6 Å². The molecule has 0 rings (SSSR count). The monoisotopic (exact) mass is 191 g/mol. The van der Waals surface area contributed by atoms with E-state index in [1.807, 2.05) is 6.92 Å². The second kappa shape index (κ2) is 7.24. The first-order chi connectivity index (χ1) is 5.72. The Labute approximate surface area is 77.6 Å². The third kappa shape index (κ3) is 5.26. The fourth-order valence-electron chi connectivity index (χ4n) is 0.696. The predicted octanol–water partition coefficient (Wildman–Crippen LogP) is 0.321. The summed E-state index contributed by atoms with van der Waals surface area (Å²) >= 11 is 1.79. The molecule has 0 aromatic carbocycles. The van der Waals surface area contributed by atoms with Crippen LogP contribution in [0.3, 0.4) is 0 Å². The van der Waals surface area contributed by atoms with Gasteiger partial charge in [-0.15, -0.1) is 0 Å². The number of thioether (sulfide) groups is 1. The zero-order valence-corrected chi connectivity index (χ0v) is 8.40. The van der Waals surface area contributed by atoms with E-state index < -0.39 is 0 Å². The van der Waals surface area contributed by atoms with Gasteiger partial charge < -0.3 is 16.3 Å². The summed E-state index contributed by atoms with van der Waals surface area (Å²) in [5, 5.41) is 14.5. The van der Waals surface area contributed by atoms with E-state index >= 15 is 0 Å². The third-order valence-corrected chi connectivity index (χ3v) is 2.17. The van der Waals surface area contributed by atoms with Gasteiger partial charge in [0.15, 0.2) is 0 Å². The molecule has 4 N–H and O–H groups in total. The Balaban J connectivity index is 3.37. The molecule has 12 heavy (non-hydrogen) atoms. The summed E-state index contributed by atoms with van der Waals surface area (Å²) in [6.07, 6.45) is 2.06. The standard InChI is InChI=1S/C7H17N3OS/c1-6(7(8)10-11)5-9-3-4-12-2/h6,9,11H,3-5H2,1-2H3,(H2,8,10). The lowest BCUT2D eigenvalue weighted by atomic mass is 10.1. The van der Waals surface area contributed by atoms with Crippen LogP contribution in [0, 0.1) is 5.92 Å². The van der Waals surface area contributed by atoms with E-state index in [4.69, 9.17) is 10.9 Å². The van der Waals surface area contributed by atoms with Crippen molar-refractivity contribution in [3.05, 3.63) is 0 Å². The Bertz CT molecular complexity index is 141. The van der Waals surface area contributed by atoms with Crippen molar-refractivity contribution in [2.24, 2.45) is 16.8 Å². The second-order valence-electron chi connectivity index (χ2n) is 2.62. The van der Waals surface area contributed by atoms with Crippen molar-refractivity contribution in [3.8, 4) is 0 Å². The first-order valence-electron chi connectivity index (χ1n) is 3.89. The van der Waals surface area contributed by atoms with Gasteiger partial charge >= 0.3 is 0 Å². The maximum Gasteiger partial charge on any atom is 0.143 e. The molecule has 0 aromatic rings. The second-order valence-corrected chi connectivity index (χ2v) is 3.61. The van der Waals surface area contributed by atoms with E-state index in [0.29, 0.717) is 0 Å². The number of hydrogen-bond acceptors (Lipinski definition) is 4. The van der Waals surface area contributed by atoms with Gasteiger partial charge in [-0.25, -0.2) is 0 Å². The van der Waals surface area contributed by atoms with Gasteiger partial charge in [0.05, 0.1) is 0 Å². The first kappa shape index (κ1) is 11.6. The van der Waals surface area contributed by atoms with Gasteiger partial charge in [-0.3, -0.25) is 0 Å². The Morgan fingerprint density at radius 2 is 2.42 bits per heavy atom. The molecule has 0 fully saturated rings. The summed E-state index contributed by atoms with van der Waals surface area (Å²) in [5.41, 5.74) is 5.39. The number of nitrogens with zero attached hydrogens (tertiary/aromatic N) is 1. The van der Waals surface area contributed by atoms with E-state index in [0.717, 1.165) is 18.8 Å². The zero-order valence-electron chi connectivity index (χ0n) is 7.58. The molecule has 0 saturated heterocycles. The fourth-order valence-corrected chi connectivity index (χ4v) is 1.04. The third-order valence-electron chi connectivity index (χ3n) is 1.55. The SMILES string of the molecule is CSCCNCC(C)C(N)=NO. The molecule has 72 valence electrons. The van der Waals surface area contributed by atoms with Crippen LogP contribution >= 0.6 is 11.8 Å². The van der Waals surface area contributed by atoms with Gasteiger partial charge in [0.25, 0.3) is 0 Å². The van der Waals surface area contributed by atoms with Crippen LogP contribution in [0.25, 0.3) is 0 Å². The minimum absolute atomic E-state index is 0.0943. The average molecular weight is 191 g/mol. The van der Waals surface area contributed by atoms with Gasteiger partial charge in [-0.05, 0) is 6.26 Å². The van der Waals surface area contributed by atoms with Crippen LogP contribution in [0.1, 0.15) is 6.92 Å². The van der Waals surface area contributed by atoms with Gasteiger partial charge in [0.1, 0.15) is 5.84 Å². The molecular weight excluding hydrogens is 174 g/mol. The quantitative estimate of drug-likeness (QED) is 0.186. The Hall–Kier alpha value is -0.420. The summed E-state index contributed by atoms with van der Waals surface area (Å²) in [6, 6.07) is 0. The molecule has 5 heteroatoms. The van der Waals surface area contributed by atoms with E-state index in [1.54, 1.807) is 11.8 Å². The number of oxime groups is 1. The molecular formula is C7H17N3OS. The van der Waals surface area contributed by atoms with Crippen LogP contribution in [0.15, 0.2) is 5.16 Å². The molecule has 0 radical (unpaired) electrons. The Morgan fingerprint density at radius 3 is 2.92 bits per heavy atom. The van der Waals surface area contributed by atoms with Crippen LogP contribution in [0.4, 0.5) is 0 Å². The van der Waals surface area contributed by atoms with Crippen LogP contribution in [0.2, 0.25) is 0 Å². The van der Waals surface area contributed by atoms with E-state index in [9.17, 15) is 0 Å². The summed E-state index contributed by atoms with van der Waals surface area (Å²) in [5.74, 6) is 1.46. The first-order valence-corrected chi connectivity index (χ1v) is 5.28. The van der Waals surface area contributed by atoms with Crippen molar-refractivity contribution in [1.82, 2.24) is 5.32 Å². The van der Waals surface area contributed by atoms with E-state index in [1.165, 1.54) is 0 Å². The Kier molecular flexibility index (Phi) is 6.99. The molecule has 1 unspecified atom stereocenters. The van der Waals surface area contributed by atoms with Crippen molar-refractivity contribution in [1.29, 1.82) is 0 Å². The summed E-state index contributed by atoms with van der Waals surface area (Å²) in [4.78, 5) is 0. The number of amidine groups is 1. The van der Waals surface area contributed by atoms with Gasteiger partial charge in [-0.1, -0.05) is 12.1 Å². The molecule has 0 amide bonds. The molecule has 0 aliphatic carbocycles. The highest BCUT2D eigenvalue weighted by molar-refractivity contribution is 7.98. The molecule has 0 bridgehead atoms. The summed E-state index contributed by atoms with van der Waals surface area (Å²) < 4.78 is 0. The highest BCUT2D eigenvalue weighted by Crippen LogP contribution is 1.92. The lowest BCUT2D eigenvalue weighted by Crippen LogP contribution is -2.32. The zero-order chi connectivity index (χ0) is 9.40.